The van der Waals surface area contributed by atoms with Crippen molar-refractivity contribution in [3.05, 3.63) is 35.5 Å². The van der Waals surface area contributed by atoms with Crippen molar-refractivity contribution < 1.29 is 14.7 Å². The summed E-state index contributed by atoms with van der Waals surface area (Å²) in [5, 5.41) is 10.8. The van der Waals surface area contributed by atoms with Gasteiger partial charge in [0, 0.05) is 11.8 Å². The van der Waals surface area contributed by atoms with Crippen LogP contribution < -0.4 is 0 Å². The minimum absolute atomic E-state index is 0.0279. The molecule has 0 saturated heterocycles. The van der Waals surface area contributed by atoms with Crippen LogP contribution in [0.1, 0.15) is 46.5 Å². The fourth-order valence-electron chi connectivity index (χ4n) is 6.17. The summed E-state index contributed by atoms with van der Waals surface area (Å²) in [4.78, 5) is 23.9. The fourth-order valence-corrected chi connectivity index (χ4v) is 6.17. The maximum absolute atomic E-state index is 12.1. The first-order chi connectivity index (χ1) is 11.3. The second-order valence-corrected chi connectivity index (χ2v) is 8.58. The molecule has 4 aliphatic rings. The molecule has 1 unspecified atom stereocenters. The number of carbonyl (C=O) groups is 2. The van der Waals surface area contributed by atoms with E-state index in [9.17, 15) is 14.7 Å². The second-order valence-electron chi connectivity index (χ2n) is 8.58. The van der Waals surface area contributed by atoms with Crippen LogP contribution in [0, 0.1) is 28.6 Å². The Morgan fingerprint density at radius 3 is 2.75 bits per heavy atom. The molecule has 1 saturated carbocycles. The van der Waals surface area contributed by atoms with Crippen LogP contribution in [0.2, 0.25) is 0 Å². The van der Waals surface area contributed by atoms with Gasteiger partial charge in [-0.3, -0.25) is 9.59 Å². The summed E-state index contributed by atoms with van der Waals surface area (Å²) >= 11 is 0. The van der Waals surface area contributed by atoms with E-state index in [4.69, 9.17) is 0 Å². The molecule has 1 fully saturated rings. The molecule has 6 atom stereocenters. The number of rotatable bonds is 1. The Hall–Kier alpha value is -1.48. The predicted octanol–water partition coefficient (Wildman–Crippen LogP) is 3.39. The number of hydrogen-bond acceptors (Lipinski definition) is 3. The molecule has 0 heterocycles. The van der Waals surface area contributed by atoms with E-state index in [-0.39, 0.29) is 28.8 Å². The third kappa shape index (κ3) is 1.88. The van der Waals surface area contributed by atoms with Gasteiger partial charge in [-0.25, -0.2) is 0 Å². The maximum atomic E-state index is 12.1. The summed E-state index contributed by atoms with van der Waals surface area (Å²) < 4.78 is 0. The summed E-state index contributed by atoms with van der Waals surface area (Å²) in [5.74, 6) is 1.36. The van der Waals surface area contributed by atoms with Gasteiger partial charge in [0.1, 0.15) is 0 Å². The van der Waals surface area contributed by atoms with E-state index >= 15 is 0 Å². The Balaban J connectivity index is 1.76. The molecule has 3 nitrogen and oxygen atoms in total. The summed E-state index contributed by atoms with van der Waals surface area (Å²) in [6, 6.07) is 0. The lowest BCUT2D eigenvalue weighted by atomic mass is 9.48. The normalized spacial score (nSPS) is 46.6. The van der Waals surface area contributed by atoms with Crippen LogP contribution in [0.25, 0.3) is 0 Å². The molecule has 1 N–H and O–H groups in total. The van der Waals surface area contributed by atoms with E-state index in [1.807, 2.05) is 0 Å². The first kappa shape index (κ1) is 16.0. The van der Waals surface area contributed by atoms with E-state index in [2.05, 4.69) is 32.1 Å². The lowest BCUT2D eigenvalue weighted by Crippen LogP contribution is -2.53. The van der Waals surface area contributed by atoms with E-state index in [0.29, 0.717) is 17.8 Å². The van der Waals surface area contributed by atoms with Crippen LogP contribution >= 0.6 is 0 Å². The molecule has 0 aromatic carbocycles. The van der Waals surface area contributed by atoms with Gasteiger partial charge in [0.15, 0.2) is 11.6 Å². The average molecular weight is 326 g/mol. The first-order valence-electron chi connectivity index (χ1n) is 9.11. The van der Waals surface area contributed by atoms with Crippen molar-refractivity contribution >= 4 is 11.6 Å². The fraction of sp³-hybridized carbons (Fsp3) is 0.619. The second kappa shape index (κ2) is 5.01. The number of allylic oxidation sites excluding steroid dienone is 5. The molecular formula is C21H26O3. The van der Waals surface area contributed by atoms with Crippen molar-refractivity contribution in [2.75, 3.05) is 0 Å². The van der Waals surface area contributed by atoms with Crippen LogP contribution in [0.4, 0.5) is 0 Å². The summed E-state index contributed by atoms with van der Waals surface area (Å²) in [6.45, 7) is 6.06. The van der Waals surface area contributed by atoms with Crippen molar-refractivity contribution in [3.8, 4) is 0 Å². The Morgan fingerprint density at radius 1 is 1.29 bits per heavy atom. The standard InChI is InChI=1S/C21H26O3/c1-12(22)16-6-7-17-15-5-4-13-10-14(23)11-19(24)21(13,3)18(15)8-9-20(16,17)2/h4-6,10,15,17-19,24H,7-9,11H2,1-3H3/t15-,17-,18-,19?,20+,21-/m0/s1. The highest BCUT2D eigenvalue weighted by Crippen LogP contribution is 2.63. The van der Waals surface area contributed by atoms with Gasteiger partial charge in [-0.1, -0.05) is 32.1 Å². The lowest BCUT2D eigenvalue weighted by Gasteiger charge is -2.56. The number of ketones is 2. The molecule has 0 bridgehead atoms. The molecule has 0 aliphatic heterocycles. The smallest absolute Gasteiger partial charge is 0.158 e. The van der Waals surface area contributed by atoms with Gasteiger partial charge in [-0.15, -0.1) is 0 Å². The Morgan fingerprint density at radius 2 is 2.04 bits per heavy atom. The highest BCUT2D eigenvalue weighted by atomic mass is 16.3. The van der Waals surface area contributed by atoms with Gasteiger partial charge in [0.05, 0.1) is 6.10 Å². The van der Waals surface area contributed by atoms with Crippen molar-refractivity contribution in [3.63, 3.8) is 0 Å². The molecule has 4 rings (SSSR count). The monoisotopic (exact) mass is 326 g/mol. The number of carbonyl (C=O) groups excluding carboxylic acids is 2. The molecule has 3 heteroatoms. The zero-order chi connectivity index (χ0) is 17.3. The quantitative estimate of drug-likeness (QED) is 0.803. The van der Waals surface area contributed by atoms with Crippen LogP contribution in [0.15, 0.2) is 35.5 Å². The molecule has 0 radical (unpaired) electrons. The lowest BCUT2D eigenvalue weighted by molar-refractivity contribution is -0.123. The SMILES string of the molecule is CC(=O)C1=CC[C@H]2[C@@H]3C=CC4=CC(=O)CC(O)[C@]4(C)[C@H]3CC[C@]12C. The largest absolute Gasteiger partial charge is 0.392 e. The summed E-state index contributed by atoms with van der Waals surface area (Å²) in [7, 11) is 0. The van der Waals surface area contributed by atoms with E-state index < -0.39 is 6.10 Å². The van der Waals surface area contributed by atoms with Crippen molar-refractivity contribution in [1.82, 2.24) is 0 Å². The van der Waals surface area contributed by atoms with Gasteiger partial charge < -0.3 is 5.11 Å². The van der Waals surface area contributed by atoms with Crippen molar-refractivity contribution in [2.24, 2.45) is 28.6 Å². The average Bonchev–Trinajstić information content (AvgIpc) is 2.86. The first-order valence-corrected chi connectivity index (χ1v) is 9.11. The van der Waals surface area contributed by atoms with Crippen molar-refractivity contribution in [1.29, 1.82) is 0 Å². The van der Waals surface area contributed by atoms with Gasteiger partial charge >= 0.3 is 0 Å². The number of Topliss-reactive ketones (excluding diaryl/α,β-unsaturated/α-hetero) is 1. The Kier molecular flexibility index (Phi) is 3.34. The zero-order valence-electron chi connectivity index (χ0n) is 14.7. The minimum Gasteiger partial charge on any atom is -0.392 e. The summed E-state index contributed by atoms with van der Waals surface area (Å²) in [6.07, 6.45) is 10.8. The molecule has 0 amide bonds. The molecular weight excluding hydrogens is 300 g/mol. The highest BCUT2D eigenvalue weighted by molar-refractivity contribution is 5.95. The summed E-state index contributed by atoms with van der Waals surface area (Å²) in [5.41, 5.74) is 1.62. The highest BCUT2D eigenvalue weighted by Gasteiger charge is 2.58. The number of fused-ring (bicyclic) bond motifs is 5. The predicted molar refractivity (Wildman–Crippen MR) is 92.2 cm³/mol. The third-order valence-electron chi connectivity index (χ3n) is 7.59. The number of hydrogen-bond donors (Lipinski definition) is 1. The van der Waals surface area contributed by atoms with Gasteiger partial charge in [-0.2, -0.15) is 0 Å². The van der Waals surface area contributed by atoms with Crippen molar-refractivity contribution in [2.45, 2.75) is 52.6 Å². The molecule has 4 aliphatic carbocycles. The molecule has 0 spiro atoms. The zero-order valence-corrected chi connectivity index (χ0v) is 14.7. The van der Waals surface area contributed by atoms with E-state index in [1.165, 1.54) is 0 Å². The number of aliphatic hydroxyl groups excluding tert-OH is 1. The van der Waals surface area contributed by atoms with Gasteiger partial charge in [0.25, 0.3) is 0 Å². The van der Waals surface area contributed by atoms with Gasteiger partial charge in [-0.05, 0) is 66.6 Å². The molecule has 0 aromatic rings. The van der Waals surface area contributed by atoms with Gasteiger partial charge in [0.2, 0.25) is 0 Å². The Labute approximate surface area is 143 Å². The van der Waals surface area contributed by atoms with Crippen LogP contribution in [-0.4, -0.2) is 22.8 Å². The minimum atomic E-state index is -0.603. The molecule has 24 heavy (non-hydrogen) atoms. The topological polar surface area (TPSA) is 54.4 Å². The molecule has 0 aromatic heterocycles. The molecule has 128 valence electrons. The van der Waals surface area contributed by atoms with Crippen LogP contribution in [0.5, 0.6) is 0 Å². The van der Waals surface area contributed by atoms with E-state index in [1.54, 1.807) is 13.0 Å². The van der Waals surface area contributed by atoms with Crippen LogP contribution in [0.3, 0.4) is 0 Å². The number of aliphatic hydroxyl groups is 1. The third-order valence-corrected chi connectivity index (χ3v) is 7.59. The van der Waals surface area contributed by atoms with E-state index in [0.717, 1.165) is 30.4 Å². The maximum Gasteiger partial charge on any atom is 0.158 e. The van der Waals surface area contributed by atoms with Crippen LogP contribution in [-0.2, 0) is 9.59 Å². The Bertz CT molecular complexity index is 713.